The lowest BCUT2D eigenvalue weighted by Crippen LogP contribution is -2.03. The summed E-state index contributed by atoms with van der Waals surface area (Å²) in [5, 5.41) is 0. The van der Waals surface area contributed by atoms with Gasteiger partial charge in [-0.25, -0.2) is 0 Å². The van der Waals surface area contributed by atoms with Crippen molar-refractivity contribution in [1.82, 2.24) is 0 Å². The summed E-state index contributed by atoms with van der Waals surface area (Å²) in [6.45, 7) is 12.7. The van der Waals surface area contributed by atoms with Crippen LogP contribution in [0.1, 0.15) is 82.5 Å². The molecule has 0 bridgehead atoms. The van der Waals surface area contributed by atoms with E-state index < -0.39 is 0 Å². The Morgan fingerprint density at radius 3 is 1.16 bits per heavy atom. The predicted molar refractivity (Wildman–Crippen MR) is 128 cm³/mol. The topological polar surface area (TPSA) is 52.6 Å². The number of hydrogen-bond donors (Lipinski definition) is 0. The molecule has 0 aliphatic heterocycles. The van der Waals surface area contributed by atoms with Gasteiger partial charge in [-0.15, -0.1) is 0 Å². The van der Waals surface area contributed by atoms with Crippen LogP contribution in [0.15, 0.2) is 24.3 Å². The molecule has 0 spiro atoms. The van der Waals surface area contributed by atoms with Gasteiger partial charge in [0.25, 0.3) is 0 Å². The SMILES string of the molecule is CC(=O)c1c(C)cc(OCC2CC2)cc1C.CC(=O)c1c(C)cc(OCC2CC2)cc1C. The molecule has 4 heteroatoms. The maximum Gasteiger partial charge on any atom is 0.160 e. The van der Waals surface area contributed by atoms with Crippen LogP contribution in [0.2, 0.25) is 0 Å². The lowest BCUT2D eigenvalue weighted by molar-refractivity contribution is 0.100. The number of Topliss-reactive ketones (excluding diaryl/α,β-unsaturated/α-hetero) is 2. The second-order valence-corrected chi connectivity index (χ2v) is 9.49. The monoisotopic (exact) mass is 436 g/mol. The lowest BCUT2D eigenvalue weighted by Gasteiger charge is -2.11. The van der Waals surface area contributed by atoms with Crippen molar-refractivity contribution < 1.29 is 19.1 Å². The first-order chi connectivity index (χ1) is 15.2. The minimum atomic E-state index is 0.128. The van der Waals surface area contributed by atoms with Crippen LogP contribution in [-0.4, -0.2) is 24.8 Å². The van der Waals surface area contributed by atoms with Crippen LogP contribution in [0.25, 0.3) is 0 Å². The van der Waals surface area contributed by atoms with Crippen LogP contribution in [0.3, 0.4) is 0 Å². The van der Waals surface area contributed by atoms with Crippen molar-refractivity contribution in [3.8, 4) is 11.5 Å². The molecule has 0 unspecified atom stereocenters. The third-order valence-electron chi connectivity index (χ3n) is 6.08. The third-order valence-corrected chi connectivity index (χ3v) is 6.08. The number of ether oxygens (including phenoxy) is 2. The Hall–Kier alpha value is -2.62. The van der Waals surface area contributed by atoms with Crippen LogP contribution >= 0.6 is 0 Å². The highest BCUT2D eigenvalue weighted by molar-refractivity contribution is 5.97. The number of ketones is 2. The van der Waals surface area contributed by atoms with E-state index >= 15 is 0 Å². The second-order valence-electron chi connectivity index (χ2n) is 9.49. The molecule has 2 fully saturated rings. The fourth-order valence-electron chi connectivity index (χ4n) is 4.12. The zero-order chi connectivity index (χ0) is 23.4. The number of aryl methyl sites for hydroxylation is 4. The molecule has 0 N–H and O–H groups in total. The van der Waals surface area contributed by atoms with Gasteiger partial charge in [-0.05, 0) is 126 Å². The molecule has 0 atom stereocenters. The van der Waals surface area contributed by atoms with Crippen LogP contribution in [0, 0.1) is 39.5 Å². The van der Waals surface area contributed by atoms with Gasteiger partial charge >= 0.3 is 0 Å². The van der Waals surface area contributed by atoms with Gasteiger partial charge in [-0.2, -0.15) is 0 Å². The summed E-state index contributed by atoms with van der Waals surface area (Å²) in [5.41, 5.74) is 5.71. The minimum Gasteiger partial charge on any atom is -0.493 e. The van der Waals surface area contributed by atoms with Crippen LogP contribution in [0.5, 0.6) is 11.5 Å². The number of benzene rings is 2. The Labute approximate surface area is 192 Å². The van der Waals surface area contributed by atoms with Gasteiger partial charge in [0.05, 0.1) is 13.2 Å². The lowest BCUT2D eigenvalue weighted by atomic mass is 9.99. The Bertz CT molecular complexity index is 869. The van der Waals surface area contributed by atoms with Gasteiger partial charge in [0.15, 0.2) is 11.6 Å². The minimum absolute atomic E-state index is 0.128. The maximum atomic E-state index is 11.4. The van der Waals surface area contributed by atoms with E-state index in [1.165, 1.54) is 25.7 Å². The summed E-state index contributed by atoms with van der Waals surface area (Å²) >= 11 is 0. The van der Waals surface area contributed by atoms with E-state index in [1.807, 2.05) is 52.0 Å². The van der Waals surface area contributed by atoms with Gasteiger partial charge in [-0.1, -0.05) is 0 Å². The molecule has 4 rings (SSSR count). The average Bonchev–Trinajstić information content (AvgIpc) is 3.59. The zero-order valence-electron chi connectivity index (χ0n) is 20.3. The van der Waals surface area contributed by atoms with E-state index in [9.17, 15) is 9.59 Å². The van der Waals surface area contributed by atoms with E-state index in [4.69, 9.17) is 9.47 Å². The number of carbonyl (C=O) groups is 2. The van der Waals surface area contributed by atoms with E-state index in [0.717, 1.165) is 69.9 Å². The number of carbonyl (C=O) groups excluding carboxylic acids is 2. The van der Waals surface area contributed by atoms with Gasteiger partial charge < -0.3 is 9.47 Å². The van der Waals surface area contributed by atoms with E-state index in [1.54, 1.807) is 13.8 Å². The van der Waals surface area contributed by atoms with Crippen LogP contribution < -0.4 is 9.47 Å². The average molecular weight is 437 g/mol. The van der Waals surface area contributed by atoms with Crippen molar-refractivity contribution in [2.45, 2.75) is 67.2 Å². The largest absolute Gasteiger partial charge is 0.493 e. The van der Waals surface area contributed by atoms with Crippen molar-refractivity contribution in [2.24, 2.45) is 11.8 Å². The van der Waals surface area contributed by atoms with E-state index in [2.05, 4.69) is 0 Å². The summed E-state index contributed by atoms with van der Waals surface area (Å²) in [6, 6.07) is 7.86. The first-order valence-corrected chi connectivity index (χ1v) is 11.7. The molecule has 0 amide bonds. The number of rotatable bonds is 8. The molecule has 4 nitrogen and oxygen atoms in total. The van der Waals surface area contributed by atoms with Gasteiger partial charge in [-0.3, -0.25) is 9.59 Å². The molecule has 2 aliphatic carbocycles. The first-order valence-electron chi connectivity index (χ1n) is 11.7. The summed E-state index contributed by atoms with van der Waals surface area (Å²) in [4.78, 5) is 22.9. The molecule has 2 saturated carbocycles. The van der Waals surface area contributed by atoms with Gasteiger partial charge in [0.2, 0.25) is 0 Å². The Morgan fingerprint density at radius 2 is 0.938 bits per heavy atom. The van der Waals surface area contributed by atoms with Crippen molar-refractivity contribution in [1.29, 1.82) is 0 Å². The summed E-state index contributed by atoms with van der Waals surface area (Å²) in [5.74, 6) is 3.56. The molecule has 0 aromatic heterocycles. The molecule has 0 heterocycles. The molecule has 0 saturated heterocycles. The fraction of sp³-hybridized carbons (Fsp3) is 0.500. The highest BCUT2D eigenvalue weighted by Gasteiger charge is 2.23. The quantitative estimate of drug-likeness (QED) is 0.438. The smallest absolute Gasteiger partial charge is 0.160 e. The standard InChI is InChI=1S/2C14H18O2/c2*1-9-6-13(16-8-12-4-5-12)7-10(2)14(9)11(3)15/h2*6-7,12H,4-5,8H2,1-3H3. The maximum absolute atomic E-state index is 11.4. The Kier molecular flexibility index (Phi) is 7.76. The Balaban J connectivity index is 0.000000181. The highest BCUT2D eigenvalue weighted by atomic mass is 16.5. The summed E-state index contributed by atoms with van der Waals surface area (Å²) < 4.78 is 11.4. The van der Waals surface area contributed by atoms with Crippen LogP contribution in [-0.2, 0) is 0 Å². The van der Waals surface area contributed by atoms with E-state index in [0.29, 0.717) is 0 Å². The highest BCUT2D eigenvalue weighted by Crippen LogP contribution is 2.31. The van der Waals surface area contributed by atoms with Crippen LogP contribution in [0.4, 0.5) is 0 Å². The van der Waals surface area contributed by atoms with Gasteiger partial charge in [0.1, 0.15) is 11.5 Å². The van der Waals surface area contributed by atoms with Gasteiger partial charge in [0, 0.05) is 11.1 Å². The second kappa shape index (κ2) is 10.3. The molecular weight excluding hydrogens is 400 g/mol. The summed E-state index contributed by atoms with van der Waals surface area (Å²) in [6.07, 6.45) is 5.18. The fourth-order valence-corrected chi connectivity index (χ4v) is 4.12. The van der Waals surface area contributed by atoms with Crippen molar-refractivity contribution in [2.75, 3.05) is 13.2 Å². The van der Waals surface area contributed by atoms with E-state index in [-0.39, 0.29) is 11.6 Å². The molecule has 172 valence electrons. The molecule has 2 aromatic carbocycles. The summed E-state index contributed by atoms with van der Waals surface area (Å²) in [7, 11) is 0. The van der Waals surface area contributed by atoms with Crippen molar-refractivity contribution in [3.05, 3.63) is 57.6 Å². The molecule has 0 radical (unpaired) electrons. The normalized spacial score (nSPS) is 14.9. The predicted octanol–water partition coefficient (Wildman–Crippen LogP) is 6.59. The van der Waals surface area contributed by atoms with Crippen molar-refractivity contribution in [3.63, 3.8) is 0 Å². The third kappa shape index (κ3) is 6.69. The molecule has 32 heavy (non-hydrogen) atoms. The molecule has 2 aliphatic rings. The molecular formula is C28H36O4. The zero-order valence-corrected chi connectivity index (χ0v) is 20.3. The Morgan fingerprint density at radius 1 is 0.656 bits per heavy atom. The van der Waals surface area contributed by atoms with Crippen molar-refractivity contribution >= 4 is 11.6 Å². The molecule has 2 aromatic rings. The number of hydrogen-bond acceptors (Lipinski definition) is 4. The first kappa shape index (κ1) is 24.0.